The fourth-order valence-electron chi connectivity index (χ4n) is 3.17. The van der Waals surface area contributed by atoms with E-state index in [-0.39, 0.29) is 17.1 Å². The third kappa shape index (κ3) is 2.61. The summed E-state index contributed by atoms with van der Waals surface area (Å²) in [6.07, 6.45) is 0. The molecule has 2 aromatic carbocycles. The van der Waals surface area contributed by atoms with E-state index in [2.05, 4.69) is 26.8 Å². The van der Waals surface area contributed by atoms with Gasteiger partial charge in [-0.15, -0.1) is 0 Å². The number of hydrogen-bond acceptors (Lipinski definition) is 3. The monoisotopic (exact) mass is 310 g/mol. The highest BCUT2D eigenvalue weighted by molar-refractivity contribution is 5.91. The van der Waals surface area contributed by atoms with Crippen LogP contribution in [-0.2, 0) is 10.2 Å². The normalized spacial score (nSPS) is 17.1. The topological polar surface area (TPSA) is 46.5 Å². The highest BCUT2D eigenvalue weighted by atomic mass is 16.5. The van der Waals surface area contributed by atoms with Crippen molar-refractivity contribution >= 4 is 5.97 Å². The molecule has 1 aliphatic heterocycles. The average molecular weight is 310 g/mol. The third-order valence-corrected chi connectivity index (χ3v) is 4.31. The zero-order valence-corrected chi connectivity index (χ0v) is 14.2. The van der Waals surface area contributed by atoms with Crippen LogP contribution in [0.2, 0.25) is 0 Å². The Hall–Kier alpha value is -2.29. The lowest BCUT2D eigenvalue weighted by molar-refractivity contribution is -0.133. The van der Waals surface area contributed by atoms with Crippen LogP contribution in [0, 0.1) is 13.8 Å². The highest BCUT2D eigenvalue weighted by Crippen LogP contribution is 2.47. The maximum atomic E-state index is 12.6. The van der Waals surface area contributed by atoms with Gasteiger partial charge in [-0.2, -0.15) is 0 Å². The van der Waals surface area contributed by atoms with Gasteiger partial charge in [-0.25, -0.2) is 0 Å². The Bertz CT molecular complexity index is 797. The van der Waals surface area contributed by atoms with Crippen LogP contribution in [0.1, 0.15) is 54.5 Å². The minimum atomic E-state index is -0.564. The smallest absolute Gasteiger partial charge is 0.323 e. The van der Waals surface area contributed by atoms with Gasteiger partial charge in [-0.05, 0) is 25.3 Å². The first kappa shape index (κ1) is 15.6. The molecule has 1 unspecified atom stereocenters. The number of carbonyl (C=O) groups excluding carboxylic acids is 1. The van der Waals surface area contributed by atoms with Crippen LogP contribution in [0.4, 0.5) is 0 Å². The molecule has 3 nitrogen and oxygen atoms in total. The Kier molecular flexibility index (Phi) is 3.47. The molecule has 3 rings (SSSR count). The number of ether oxygens (including phenoxy) is 1. The van der Waals surface area contributed by atoms with E-state index in [1.54, 1.807) is 6.07 Å². The first-order valence-corrected chi connectivity index (χ1v) is 7.84. The van der Waals surface area contributed by atoms with E-state index in [1.807, 2.05) is 32.0 Å². The molecule has 0 bridgehead atoms. The molecule has 1 heterocycles. The fourth-order valence-corrected chi connectivity index (χ4v) is 3.17. The second kappa shape index (κ2) is 5.12. The van der Waals surface area contributed by atoms with Gasteiger partial charge < -0.3 is 9.84 Å². The van der Waals surface area contributed by atoms with Crippen molar-refractivity contribution in [2.24, 2.45) is 0 Å². The molecule has 0 amide bonds. The number of esters is 1. The van der Waals surface area contributed by atoms with Gasteiger partial charge in [-0.1, -0.05) is 56.2 Å². The van der Waals surface area contributed by atoms with E-state index in [4.69, 9.17) is 4.74 Å². The lowest BCUT2D eigenvalue weighted by atomic mass is 9.81. The van der Waals surface area contributed by atoms with Gasteiger partial charge >= 0.3 is 5.97 Å². The first-order valence-electron chi connectivity index (χ1n) is 7.84. The highest BCUT2D eigenvalue weighted by Gasteiger charge is 2.39. The molecule has 0 saturated heterocycles. The van der Waals surface area contributed by atoms with Crippen LogP contribution in [0.25, 0.3) is 0 Å². The molecule has 120 valence electrons. The second-order valence-electron chi connectivity index (χ2n) is 7.40. The SMILES string of the molecule is Cc1ccc(O)c(C2C(=O)Oc3c2cc(C)cc3C(C)(C)C)c1. The van der Waals surface area contributed by atoms with Crippen LogP contribution < -0.4 is 4.74 Å². The molecule has 0 spiro atoms. The van der Waals surface area contributed by atoms with Gasteiger partial charge in [0, 0.05) is 16.7 Å². The third-order valence-electron chi connectivity index (χ3n) is 4.31. The number of phenols is 1. The van der Waals surface area contributed by atoms with Crippen LogP contribution >= 0.6 is 0 Å². The van der Waals surface area contributed by atoms with Crippen molar-refractivity contribution in [1.82, 2.24) is 0 Å². The molecular formula is C20H22O3. The van der Waals surface area contributed by atoms with Gasteiger partial charge in [0.1, 0.15) is 17.4 Å². The van der Waals surface area contributed by atoms with Crippen molar-refractivity contribution in [2.75, 3.05) is 0 Å². The van der Waals surface area contributed by atoms with Crippen LogP contribution in [0.5, 0.6) is 11.5 Å². The number of aryl methyl sites for hydroxylation is 2. The molecule has 1 atom stereocenters. The van der Waals surface area contributed by atoms with E-state index in [0.29, 0.717) is 11.3 Å². The molecular weight excluding hydrogens is 288 g/mol. The Morgan fingerprint density at radius 1 is 1.00 bits per heavy atom. The Balaban J connectivity index is 2.24. The summed E-state index contributed by atoms with van der Waals surface area (Å²) >= 11 is 0. The Morgan fingerprint density at radius 3 is 2.30 bits per heavy atom. The van der Waals surface area contributed by atoms with Crippen molar-refractivity contribution in [3.8, 4) is 11.5 Å². The number of carbonyl (C=O) groups is 1. The van der Waals surface area contributed by atoms with Crippen LogP contribution in [0.3, 0.4) is 0 Å². The predicted molar refractivity (Wildman–Crippen MR) is 90.2 cm³/mol. The molecule has 23 heavy (non-hydrogen) atoms. The Morgan fingerprint density at radius 2 is 1.65 bits per heavy atom. The summed E-state index contributed by atoms with van der Waals surface area (Å²) in [5.74, 6) is -0.105. The number of fused-ring (bicyclic) bond motifs is 1. The average Bonchev–Trinajstić information content (AvgIpc) is 2.75. The number of benzene rings is 2. The van der Waals surface area contributed by atoms with Crippen LogP contribution in [-0.4, -0.2) is 11.1 Å². The van der Waals surface area contributed by atoms with Crippen molar-refractivity contribution in [2.45, 2.75) is 46.0 Å². The zero-order valence-electron chi connectivity index (χ0n) is 14.2. The van der Waals surface area contributed by atoms with Crippen molar-refractivity contribution in [3.63, 3.8) is 0 Å². The molecule has 0 saturated carbocycles. The molecule has 1 aliphatic rings. The number of rotatable bonds is 1. The molecule has 0 fully saturated rings. The molecule has 3 heteroatoms. The van der Waals surface area contributed by atoms with E-state index < -0.39 is 5.92 Å². The molecule has 0 aromatic heterocycles. The van der Waals surface area contributed by atoms with Gasteiger partial charge in [0.15, 0.2) is 0 Å². The van der Waals surface area contributed by atoms with Crippen molar-refractivity contribution in [1.29, 1.82) is 0 Å². The van der Waals surface area contributed by atoms with Gasteiger partial charge in [-0.3, -0.25) is 4.79 Å². The molecule has 2 aromatic rings. The molecule has 1 N–H and O–H groups in total. The van der Waals surface area contributed by atoms with Crippen molar-refractivity contribution in [3.05, 3.63) is 58.1 Å². The van der Waals surface area contributed by atoms with Crippen molar-refractivity contribution < 1.29 is 14.6 Å². The summed E-state index contributed by atoms with van der Waals surface area (Å²) in [7, 11) is 0. The van der Waals surface area contributed by atoms with E-state index >= 15 is 0 Å². The molecule has 0 aliphatic carbocycles. The van der Waals surface area contributed by atoms with E-state index in [1.165, 1.54) is 0 Å². The van der Waals surface area contributed by atoms with Gasteiger partial charge in [0.05, 0.1) is 0 Å². The summed E-state index contributed by atoms with van der Waals surface area (Å²) in [5, 5.41) is 10.2. The number of hydrogen-bond donors (Lipinski definition) is 1. The maximum Gasteiger partial charge on any atom is 0.323 e. The Labute approximate surface area is 136 Å². The predicted octanol–water partition coefficient (Wildman–Crippen LogP) is 4.36. The number of phenolic OH excluding ortho intramolecular Hbond substituents is 1. The summed E-state index contributed by atoms with van der Waals surface area (Å²) in [6, 6.07) is 9.38. The summed E-state index contributed by atoms with van der Waals surface area (Å²) < 4.78 is 5.63. The minimum absolute atomic E-state index is 0.125. The minimum Gasteiger partial charge on any atom is -0.508 e. The standard InChI is InChI=1S/C20H22O3/c1-11-6-7-16(21)13(8-11)17-14-9-12(2)10-15(20(3,4)5)18(14)23-19(17)22/h6-10,17,21H,1-5H3. The van der Waals surface area contributed by atoms with Gasteiger partial charge in [0.2, 0.25) is 0 Å². The van der Waals surface area contributed by atoms with E-state index in [9.17, 15) is 9.90 Å². The van der Waals surface area contributed by atoms with E-state index in [0.717, 1.165) is 22.3 Å². The van der Waals surface area contributed by atoms with Crippen LogP contribution in [0.15, 0.2) is 30.3 Å². The lowest BCUT2D eigenvalue weighted by Crippen LogP contribution is -2.14. The first-order chi connectivity index (χ1) is 10.7. The summed E-state index contributed by atoms with van der Waals surface area (Å²) in [4.78, 5) is 12.6. The zero-order chi connectivity index (χ0) is 16.9. The quantitative estimate of drug-likeness (QED) is 0.629. The lowest BCUT2D eigenvalue weighted by Gasteiger charge is -2.22. The maximum absolute atomic E-state index is 12.6. The fraction of sp³-hybridized carbons (Fsp3) is 0.350. The molecule has 0 radical (unpaired) electrons. The largest absolute Gasteiger partial charge is 0.508 e. The number of aromatic hydroxyl groups is 1. The van der Waals surface area contributed by atoms with Gasteiger partial charge in [0.25, 0.3) is 0 Å². The summed E-state index contributed by atoms with van der Waals surface area (Å²) in [5.41, 5.74) is 4.45. The summed E-state index contributed by atoms with van der Waals surface area (Å²) in [6.45, 7) is 10.3. The second-order valence-corrected chi connectivity index (χ2v) is 7.40.